The summed E-state index contributed by atoms with van der Waals surface area (Å²) in [5, 5.41) is 7.56. The van der Waals surface area contributed by atoms with Crippen LogP contribution in [0, 0.1) is 0 Å². The molecule has 148 valence electrons. The second-order valence-electron chi connectivity index (χ2n) is 5.96. The van der Waals surface area contributed by atoms with Gasteiger partial charge in [0.1, 0.15) is 6.61 Å². The first-order valence-electron chi connectivity index (χ1n) is 8.71. The molecule has 3 atom stereocenters. The van der Waals surface area contributed by atoms with Gasteiger partial charge in [0.25, 0.3) is 0 Å². The average Bonchev–Trinajstić information content (AvgIpc) is 2.65. The van der Waals surface area contributed by atoms with Crippen molar-refractivity contribution in [2.75, 3.05) is 26.0 Å². The van der Waals surface area contributed by atoms with Crippen molar-refractivity contribution in [2.45, 2.75) is 43.9 Å². The molecule has 1 aliphatic rings. The lowest BCUT2D eigenvalue weighted by molar-refractivity contribution is 0.309. The van der Waals surface area contributed by atoms with Gasteiger partial charge in [-0.15, -0.1) is 24.0 Å². The molecule has 2 N–H and O–H groups in total. The molecule has 1 saturated carbocycles. The SMILES string of the molecule is CCS(=O)C1CCCC(NC(=NC)NCCOc2ccc(Cl)cn2)C1.I. The quantitative estimate of drug-likeness (QED) is 0.253. The van der Waals surface area contributed by atoms with Crippen LogP contribution < -0.4 is 15.4 Å². The van der Waals surface area contributed by atoms with Crippen molar-refractivity contribution in [3.8, 4) is 5.88 Å². The standard InChI is InChI=1S/C17H27ClN4O2S.HI/c1-3-25(23)15-6-4-5-14(11-15)22-17(19-2)20-9-10-24-16-8-7-13(18)12-21-16;/h7-8,12,14-15H,3-6,9-11H2,1-2H3,(H2,19,20,22);1H. The smallest absolute Gasteiger partial charge is 0.213 e. The Kier molecular flexibility index (Phi) is 11.5. The highest BCUT2D eigenvalue weighted by Gasteiger charge is 2.25. The first kappa shape index (κ1) is 23.4. The lowest BCUT2D eigenvalue weighted by Crippen LogP contribution is -2.47. The molecular weight excluding hydrogens is 487 g/mol. The number of hydrogen-bond donors (Lipinski definition) is 2. The van der Waals surface area contributed by atoms with Crippen molar-refractivity contribution in [1.29, 1.82) is 0 Å². The second-order valence-corrected chi connectivity index (χ2v) is 8.40. The molecule has 26 heavy (non-hydrogen) atoms. The largest absolute Gasteiger partial charge is 0.476 e. The minimum absolute atomic E-state index is 0. The van der Waals surface area contributed by atoms with Crippen LogP contribution in [0.1, 0.15) is 32.6 Å². The Labute approximate surface area is 180 Å². The van der Waals surface area contributed by atoms with Gasteiger partial charge >= 0.3 is 0 Å². The highest BCUT2D eigenvalue weighted by atomic mass is 127. The molecule has 0 aliphatic heterocycles. The van der Waals surface area contributed by atoms with Gasteiger partial charge < -0.3 is 15.4 Å². The maximum absolute atomic E-state index is 12.0. The molecule has 0 aromatic carbocycles. The number of aliphatic imine (C=N–C) groups is 1. The summed E-state index contributed by atoms with van der Waals surface area (Å²) in [6.45, 7) is 3.08. The summed E-state index contributed by atoms with van der Waals surface area (Å²) in [5.41, 5.74) is 0. The number of ether oxygens (including phenoxy) is 1. The molecule has 1 heterocycles. The third kappa shape index (κ3) is 7.96. The fourth-order valence-electron chi connectivity index (χ4n) is 2.91. The number of nitrogens with one attached hydrogen (secondary N) is 2. The van der Waals surface area contributed by atoms with Crippen molar-refractivity contribution in [2.24, 2.45) is 4.99 Å². The number of nitrogens with zero attached hydrogens (tertiary/aromatic N) is 2. The minimum Gasteiger partial charge on any atom is -0.476 e. The van der Waals surface area contributed by atoms with Gasteiger partial charge in [0.2, 0.25) is 5.88 Å². The number of aromatic nitrogens is 1. The number of guanidine groups is 1. The summed E-state index contributed by atoms with van der Waals surface area (Å²) in [6, 6.07) is 3.81. The molecule has 9 heteroatoms. The molecular formula is C17H28ClIN4O2S. The van der Waals surface area contributed by atoms with Crippen molar-refractivity contribution < 1.29 is 8.95 Å². The Morgan fingerprint density at radius 2 is 2.27 bits per heavy atom. The third-order valence-electron chi connectivity index (χ3n) is 4.19. The first-order valence-corrected chi connectivity index (χ1v) is 10.5. The van der Waals surface area contributed by atoms with Gasteiger partial charge in [-0.25, -0.2) is 4.98 Å². The van der Waals surface area contributed by atoms with E-state index in [0.29, 0.717) is 35.3 Å². The van der Waals surface area contributed by atoms with Crippen molar-refractivity contribution >= 4 is 52.3 Å². The molecule has 6 nitrogen and oxygen atoms in total. The zero-order valence-electron chi connectivity index (χ0n) is 15.2. The summed E-state index contributed by atoms with van der Waals surface area (Å²) < 4.78 is 17.6. The van der Waals surface area contributed by atoms with Crippen LogP contribution >= 0.6 is 35.6 Å². The Morgan fingerprint density at radius 3 is 2.92 bits per heavy atom. The molecule has 0 spiro atoms. The Morgan fingerprint density at radius 1 is 1.46 bits per heavy atom. The van der Waals surface area contributed by atoms with Gasteiger partial charge in [-0.05, 0) is 25.3 Å². The van der Waals surface area contributed by atoms with Gasteiger partial charge in [0.15, 0.2) is 5.96 Å². The van der Waals surface area contributed by atoms with E-state index in [1.54, 1.807) is 25.4 Å². The van der Waals surface area contributed by atoms with Crippen LogP contribution in [0.4, 0.5) is 0 Å². The van der Waals surface area contributed by atoms with E-state index >= 15 is 0 Å². The summed E-state index contributed by atoms with van der Waals surface area (Å²) in [5.74, 6) is 2.03. The molecule has 1 fully saturated rings. The van der Waals surface area contributed by atoms with Crippen LogP contribution in [0.25, 0.3) is 0 Å². The predicted molar refractivity (Wildman–Crippen MR) is 119 cm³/mol. The zero-order valence-corrected chi connectivity index (χ0v) is 19.1. The van der Waals surface area contributed by atoms with E-state index in [0.717, 1.165) is 37.4 Å². The van der Waals surface area contributed by atoms with E-state index in [1.165, 1.54) is 0 Å². The van der Waals surface area contributed by atoms with E-state index < -0.39 is 10.8 Å². The number of pyridine rings is 1. The normalized spacial score (nSPS) is 21.4. The lowest BCUT2D eigenvalue weighted by atomic mass is 9.95. The van der Waals surface area contributed by atoms with Crippen LogP contribution in [-0.4, -0.2) is 52.4 Å². The number of hydrogen-bond acceptors (Lipinski definition) is 4. The zero-order chi connectivity index (χ0) is 18.1. The van der Waals surface area contributed by atoms with Crippen molar-refractivity contribution in [3.05, 3.63) is 23.4 Å². The van der Waals surface area contributed by atoms with Crippen LogP contribution in [0.3, 0.4) is 0 Å². The molecule has 3 unspecified atom stereocenters. The minimum atomic E-state index is -0.717. The fourth-order valence-corrected chi connectivity index (χ4v) is 4.37. The summed E-state index contributed by atoms with van der Waals surface area (Å²) in [4.78, 5) is 8.34. The van der Waals surface area contributed by atoms with Crippen LogP contribution in [0.2, 0.25) is 5.02 Å². The van der Waals surface area contributed by atoms with Crippen LogP contribution in [0.15, 0.2) is 23.3 Å². The van der Waals surface area contributed by atoms with E-state index in [4.69, 9.17) is 16.3 Å². The first-order chi connectivity index (χ1) is 12.1. The van der Waals surface area contributed by atoms with Crippen LogP contribution in [-0.2, 0) is 10.8 Å². The van der Waals surface area contributed by atoms with Gasteiger partial charge in [-0.2, -0.15) is 0 Å². The number of rotatable bonds is 7. The van der Waals surface area contributed by atoms with Gasteiger partial charge in [0, 0.05) is 47.2 Å². The molecule has 1 aromatic heterocycles. The van der Waals surface area contributed by atoms with Crippen molar-refractivity contribution in [3.63, 3.8) is 0 Å². The molecule has 0 amide bonds. The highest BCUT2D eigenvalue weighted by molar-refractivity contribution is 14.0. The summed E-state index contributed by atoms with van der Waals surface area (Å²) in [7, 11) is 1.03. The average molecular weight is 515 g/mol. The maximum Gasteiger partial charge on any atom is 0.213 e. The molecule has 2 rings (SSSR count). The molecule has 0 saturated heterocycles. The van der Waals surface area contributed by atoms with Crippen molar-refractivity contribution in [1.82, 2.24) is 15.6 Å². The predicted octanol–water partition coefficient (Wildman–Crippen LogP) is 2.98. The Hall–Kier alpha value is -0.610. The second kappa shape index (κ2) is 12.7. The highest BCUT2D eigenvalue weighted by Crippen LogP contribution is 2.22. The van der Waals surface area contributed by atoms with Crippen LogP contribution in [0.5, 0.6) is 5.88 Å². The molecule has 0 bridgehead atoms. The van der Waals surface area contributed by atoms with Gasteiger partial charge in [-0.3, -0.25) is 9.20 Å². The molecule has 1 aliphatic carbocycles. The number of halogens is 2. The Balaban J connectivity index is 0.00000338. The summed E-state index contributed by atoms with van der Waals surface area (Å²) >= 11 is 5.79. The maximum atomic E-state index is 12.0. The third-order valence-corrected chi connectivity index (χ3v) is 6.16. The Bertz CT molecular complexity index is 589. The topological polar surface area (TPSA) is 75.6 Å². The summed E-state index contributed by atoms with van der Waals surface area (Å²) in [6.07, 6.45) is 5.75. The molecule has 1 aromatic rings. The van der Waals surface area contributed by atoms with E-state index in [9.17, 15) is 4.21 Å². The lowest BCUT2D eigenvalue weighted by Gasteiger charge is -2.30. The van der Waals surface area contributed by atoms with E-state index in [-0.39, 0.29) is 24.0 Å². The van der Waals surface area contributed by atoms with Gasteiger partial charge in [0.05, 0.1) is 11.6 Å². The van der Waals surface area contributed by atoms with Gasteiger partial charge in [-0.1, -0.05) is 24.9 Å². The monoisotopic (exact) mass is 514 g/mol. The van der Waals surface area contributed by atoms with E-state index in [1.807, 2.05) is 6.92 Å². The molecule has 0 radical (unpaired) electrons. The van der Waals surface area contributed by atoms with E-state index in [2.05, 4.69) is 20.6 Å². The fraction of sp³-hybridized carbons (Fsp3) is 0.647.